The van der Waals surface area contributed by atoms with E-state index in [1.54, 1.807) is 38.3 Å². The first kappa shape index (κ1) is 27.8. The highest BCUT2D eigenvalue weighted by Crippen LogP contribution is 2.26. The molecule has 0 bridgehead atoms. The summed E-state index contributed by atoms with van der Waals surface area (Å²) in [5.74, 6) is 0.0835. The number of piperidine rings is 1. The van der Waals surface area contributed by atoms with Crippen molar-refractivity contribution < 1.29 is 29.0 Å². The molecule has 2 heterocycles. The first-order valence-electron chi connectivity index (χ1n) is 13.0. The SMILES string of the molecule is COc1ccc(-n2nc(C(=O)OC(C)CO)c(CCN(C)c3ccc(N4CCCCC4=O)cc3)c2C=O)cc1. The number of aliphatic hydroxyl groups is 1. The van der Waals surface area contributed by atoms with Gasteiger partial charge in [-0.25, -0.2) is 9.48 Å². The van der Waals surface area contributed by atoms with Gasteiger partial charge in [-0.1, -0.05) is 0 Å². The Kier molecular flexibility index (Phi) is 8.98. The lowest BCUT2D eigenvalue weighted by Gasteiger charge is -2.27. The van der Waals surface area contributed by atoms with Gasteiger partial charge in [-0.2, -0.15) is 5.10 Å². The summed E-state index contributed by atoms with van der Waals surface area (Å²) in [6.07, 6.45) is 2.81. The number of nitrogens with zero attached hydrogens (tertiary/aromatic N) is 4. The molecule has 4 rings (SSSR count). The molecule has 39 heavy (non-hydrogen) atoms. The smallest absolute Gasteiger partial charge is 0.359 e. The molecular formula is C29H34N4O6. The molecule has 1 aliphatic rings. The Morgan fingerprint density at radius 3 is 2.44 bits per heavy atom. The van der Waals surface area contributed by atoms with E-state index in [1.165, 1.54) is 4.68 Å². The maximum atomic E-state index is 13.0. The first-order chi connectivity index (χ1) is 18.9. The highest BCUT2D eigenvalue weighted by molar-refractivity contribution is 5.94. The topological polar surface area (TPSA) is 114 Å². The van der Waals surface area contributed by atoms with Crippen molar-refractivity contribution in [1.82, 2.24) is 9.78 Å². The van der Waals surface area contributed by atoms with Crippen LogP contribution in [0.5, 0.6) is 5.75 Å². The zero-order valence-corrected chi connectivity index (χ0v) is 22.5. The van der Waals surface area contributed by atoms with Crippen LogP contribution in [0.2, 0.25) is 0 Å². The van der Waals surface area contributed by atoms with Crippen LogP contribution in [0, 0.1) is 0 Å². The third kappa shape index (κ3) is 6.28. The number of esters is 1. The van der Waals surface area contributed by atoms with Crippen LogP contribution in [-0.4, -0.2) is 73.0 Å². The fourth-order valence-corrected chi connectivity index (χ4v) is 4.57. The van der Waals surface area contributed by atoms with Crippen LogP contribution in [0.1, 0.15) is 52.7 Å². The molecule has 0 saturated carbocycles. The predicted octanol–water partition coefficient (Wildman–Crippen LogP) is 3.43. The van der Waals surface area contributed by atoms with E-state index in [0.29, 0.717) is 42.7 Å². The number of hydrogen-bond acceptors (Lipinski definition) is 8. The van der Waals surface area contributed by atoms with Gasteiger partial charge < -0.3 is 24.4 Å². The molecule has 1 aromatic heterocycles. The van der Waals surface area contributed by atoms with Gasteiger partial charge in [0.15, 0.2) is 12.0 Å². The minimum absolute atomic E-state index is 0.0283. The Balaban J connectivity index is 1.58. The Bertz CT molecular complexity index is 1300. The monoisotopic (exact) mass is 534 g/mol. The van der Waals surface area contributed by atoms with E-state index in [1.807, 2.05) is 41.1 Å². The molecule has 10 heteroatoms. The largest absolute Gasteiger partial charge is 0.497 e. The Morgan fingerprint density at radius 1 is 1.13 bits per heavy atom. The minimum Gasteiger partial charge on any atom is -0.497 e. The summed E-state index contributed by atoms with van der Waals surface area (Å²) in [6, 6.07) is 14.8. The van der Waals surface area contributed by atoms with Crippen molar-refractivity contribution in [3.63, 3.8) is 0 Å². The molecule has 1 fully saturated rings. The quantitative estimate of drug-likeness (QED) is 0.294. The Hall–Kier alpha value is -4.18. The molecule has 1 N–H and O–H groups in total. The lowest BCUT2D eigenvalue weighted by Crippen LogP contribution is -2.35. The van der Waals surface area contributed by atoms with Crippen molar-refractivity contribution in [2.45, 2.75) is 38.7 Å². The molecule has 206 valence electrons. The Morgan fingerprint density at radius 2 is 1.82 bits per heavy atom. The van der Waals surface area contributed by atoms with Gasteiger partial charge in [-0.05, 0) is 74.7 Å². The number of hydrogen-bond donors (Lipinski definition) is 1. The number of anilines is 2. The summed E-state index contributed by atoms with van der Waals surface area (Å²) < 4.78 is 12.0. The third-order valence-corrected chi connectivity index (χ3v) is 6.83. The average molecular weight is 535 g/mol. The molecule has 0 aliphatic carbocycles. The first-order valence-corrected chi connectivity index (χ1v) is 13.0. The fraction of sp³-hybridized carbons (Fsp3) is 0.379. The summed E-state index contributed by atoms with van der Waals surface area (Å²) >= 11 is 0. The predicted molar refractivity (Wildman–Crippen MR) is 147 cm³/mol. The van der Waals surface area contributed by atoms with Gasteiger partial charge in [0.1, 0.15) is 17.5 Å². The van der Waals surface area contributed by atoms with E-state index in [2.05, 4.69) is 5.10 Å². The van der Waals surface area contributed by atoms with E-state index < -0.39 is 12.1 Å². The van der Waals surface area contributed by atoms with Gasteiger partial charge in [0, 0.05) is 43.5 Å². The number of benzene rings is 2. The lowest BCUT2D eigenvalue weighted by molar-refractivity contribution is -0.119. The fourth-order valence-electron chi connectivity index (χ4n) is 4.57. The van der Waals surface area contributed by atoms with Crippen molar-refractivity contribution in [3.05, 3.63) is 65.5 Å². The molecule has 1 aliphatic heterocycles. The Labute approximate surface area is 227 Å². The molecule has 3 aromatic rings. The van der Waals surface area contributed by atoms with Crippen LogP contribution in [-0.2, 0) is 16.0 Å². The van der Waals surface area contributed by atoms with Crippen LogP contribution in [0.4, 0.5) is 11.4 Å². The summed E-state index contributed by atoms with van der Waals surface area (Å²) in [5.41, 5.74) is 3.12. The molecule has 1 unspecified atom stereocenters. The van der Waals surface area contributed by atoms with E-state index in [-0.39, 0.29) is 23.9 Å². The molecule has 1 atom stereocenters. The van der Waals surface area contributed by atoms with Gasteiger partial charge in [0.05, 0.1) is 19.4 Å². The standard InChI is InChI=1S/C29H34N4O6/c1-20(18-34)39-29(37)28-25(26(19-35)33(30-28)23-11-13-24(38-3)14-12-23)15-17-31(2)21-7-9-22(10-8-21)32-16-5-4-6-27(32)36/h7-14,19-20,34H,4-6,15-18H2,1-3H3. The second-order valence-electron chi connectivity index (χ2n) is 9.53. The number of amides is 1. The number of aldehydes is 1. The number of likely N-dealkylation sites (N-methyl/N-ethyl adjacent to an activating group) is 1. The minimum atomic E-state index is -0.718. The molecule has 0 radical (unpaired) electrons. The normalized spacial score (nSPS) is 14.2. The van der Waals surface area contributed by atoms with Crippen molar-refractivity contribution in [3.8, 4) is 11.4 Å². The van der Waals surface area contributed by atoms with Crippen molar-refractivity contribution >= 4 is 29.5 Å². The molecule has 1 amide bonds. The van der Waals surface area contributed by atoms with Crippen molar-refractivity contribution in [2.24, 2.45) is 0 Å². The zero-order chi connectivity index (χ0) is 27.9. The van der Waals surface area contributed by atoms with Crippen molar-refractivity contribution in [2.75, 3.05) is 43.7 Å². The summed E-state index contributed by atoms with van der Waals surface area (Å²) in [5, 5.41) is 13.8. The molecular weight excluding hydrogens is 500 g/mol. The number of carbonyl (C=O) groups excluding carboxylic acids is 3. The highest BCUT2D eigenvalue weighted by Gasteiger charge is 2.26. The van der Waals surface area contributed by atoms with E-state index in [4.69, 9.17) is 9.47 Å². The van der Waals surface area contributed by atoms with Crippen LogP contribution in [0.15, 0.2) is 48.5 Å². The maximum absolute atomic E-state index is 13.0. The van der Waals surface area contributed by atoms with Crippen LogP contribution in [0.25, 0.3) is 5.69 Å². The molecule has 1 saturated heterocycles. The number of carbonyl (C=O) groups is 3. The van der Waals surface area contributed by atoms with Gasteiger partial charge >= 0.3 is 5.97 Å². The second-order valence-corrected chi connectivity index (χ2v) is 9.53. The van der Waals surface area contributed by atoms with Crippen LogP contribution in [0.3, 0.4) is 0 Å². The third-order valence-electron chi connectivity index (χ3n) is 6.83. The molecule has 2 aromatic carbocycles. The second kappa shape index (κ2) is 12.6. The van der Waals surface area contributed by atoms with Gasteiger partial charge in [-0.3, -0.25) is 9.59 Å². The highest BCUT2D eigenvalue weighted by atomic mass is 16.6. The van der Waals surface area contributed by atoms with Gasteiger partial charge in [-0.15, -0.1) is 0 Å². The molecule has 0 spiro atoms. The summed E-state index contributed by atoms with van der Waals surface area (Å²) in [4.78, 5) is 41.3. The number of ether oxygens (including phenoxy) is 2. The number of aliphatic hydroxyl groups excluding tert-OH is 1. The number of aromatic nitrogens is 2. The average Bonchev–Trinajstić information content (AvgIpc) is 3.34. The maximum Gasteiger partial charge on any atom is 0.359 e. The number of methoxy groups -OCH3 is 1. The van der Waals surface area contributed by atoms with E-state index in [0.717, 1.165) is 30.8 Å². The van der Waals surface area contributed by atoms with Gasteiger partial charge in [0.25, 0.3) is 0 Å². The van der Waals surface area contributed by atoms with Crippen LogP contribution < -0.4 is 14.5 Å². The summed E-state index contributed by atoms with van der Waals surface area (Å²) in [6.45, 7) is 2.46. The van der Waals surface area contributed by atoms with E-state index in [9.17, 15) is 19.5 Å². The number of rotatable bonds is 11. The van der Waals surface area contributed by atoms with E-state index >= 15 is 0 Å². The van der Waals surface area contributed by atoms with Crippen LogP contribution >= 0.6 is 0 Å². The lowest BCUT2D eigenvalue weighted by atomic mass is 10.1. The van der Waals surface area contributed by atoms with Gasteiger partial charge in [0.2, 0.25) is 5.91 Å². The van der Waals surface area contributed by atoms with Crippen molar-refractivity contribution in [1.29, 1.82) is 0 Å². The molecule has 10 nitrogen and oxygen atoms in total. The summed E-state index contributed by atoms with van der Waals surface area (Å²) in [7, 11) is 3.48. The zero-order valence-electron chi connectivity index (χ0n) is 22.5.